The van der Waals surface area contributed by atoms with Crippen LogP contribution in [0.1, 0.15) is 57.8 Å². The minimum atomic E-state index is -0.569. The van der Waals surface area contributed by atoms with Crippen molar-refractivity contribution in [3.63, 3.8) is 0 Å². The molecule has 1 heterocycles. The molecular weight excluding hydrogens is 260 g/mol. The summed E-state index contributed by atoms with van der Waals surface area (Å²) in [5, 5.41) is 10.3. The van der Waals surface area contributed by atoms with Crippen LogP contribution in [0.2, 0.25) is 0 Å². The van der Waals surface area contributed by atoms with E-state index in [0.29, 0.717) is 5.25 Å². The van der Waals surface area contributed by atoms with Gasteiger partial charge in [-0.25, -0.2) is 0 Å². The fourth-order valence-electron chi connectivity index (χ4n) is 4.10. The van der Waals surface area contributed by atoms with Gasteiger partial charge in [0.15, 0.2) is 0 Å². The second kappa shape index (κ2) is 5.28. The molecule has 0 atom stereocenters. The Morgan fingerprint density at radius 2 is 1.74 bits per heavy atom. The summed E-state index contributed by atoms with van der Waals surface area (Å²) < 4.78 is 4.95. The molecule has 3 nitrogen and oxygen atoms in total. The van der Waals surface area contributed by atoms with Gasteiger partial charge in [0.2, 0.25) is 0 Å². The van der Waals surface area contributed by atoms with Crippen LogP contribution < -0.4 is 0 Å². The van der Waals surface area contributed by atoms with E-state index in [0.717, 1.165) is 38.9 Å². The zero-order valence-corrected chi connectivity index (χ0v) is 12.3. The van der Waals surface area contributed by atoms with Crippen molar-refractivity contribution in [3.05, 3.63) is 0 Å². The maximum atomic E-state index is 11.8. The number of carboxylic acids is 1. The number of thioether (sulfide) groups is 1. The molecule has 2 aliphatic carbocycles. The van der Waals surface area contributed by atoms with Gasteiger partial charge in [-0.2, -0.15) is 0 Å². The molecule has 3 rings (SSSR count). The van der Waals surface area contributed by atoms with E-state index in [9.17, 15) is 9.90 Å². The van der Waals surface area contributed by atoms with Gasteiger partial charge in [-0.15, -0.1) is 11.8 Å². The normalized spacial score (nSPS) is 29.9. The Hall–Kier alpha value is -0.220. The molecule has 0 aromatic carbocycles. The van der Waals surface area contributed by atoms with Crippen LogP contribution >= 0.6 is 11.8 Å². The van der Waals surface area contributed by atoms with Crippen molar-refractivity contribution < 1.29 is 14.6 Å². The van der Waals surface area contributed by atoms with E-state index in [1.54, 1.807) is 11.8 Å². The number of carboxylic acid groups (broad SMARTS) is 1. The fourth-order valence-corrected chi connectivity index (χ4v) is 6.19. The summed E-state index contributed by atoms with van der Waals surface area (Å²) in [6.45, 7) is 1.65. The molecule has 1 N–H and O–H groups in total. The van der Waals surface area contributed by atoms with Gasteiger partial charge in [-0.3, -0.25) is 4.79 Å². The van der Waals surface area contributed by atoms with Crippen LogP contribution in [0.4, 0.5) is 0 Å². The highest BCUT2D eigenvalue weighted by Crippen LogP contribution is 2.61. The summed E-state index contributed by atoms with van der Waals surface area (Å²) in [4.78, 5) is 11.8. The van der Waals surface area contributed by atoms with Crippen LogP contribution in [0.5, 0.6) is 0 Å². The van der Waals surface area contributed by atoms with Gasteiger partial charge < -0.3 is 9.84 Å². The number of hydrogen-bond acceptors (Lipinski definition) is 3. The topological polar surface area (TPSA) is 46.5 Å². The predicted molar refractivity (Wildman–Crippen MR) is 76.6 cm³/mol. The Morgan fingerprint density at radius 3 is 2.32 bits per heavy atom. The lowest BCUT2D eigenvalue weighted by molar-refractivity contribution is -0.150. The van der Waals surface area contributed by atoms with Gasteiger partial charge in [-0.1, -0.05) is 19.3 Å². The fraction of sp³-hybridized carbons (Fsp3) is 0.933. The summed E-state index contributed by atoms with van der Waals surface area (Å²) >= 11 is 1.79. The monoisotopic (exact) mass is 284 g/mol. The van der Waals surface area contributed by atoms with Crippen LogP contribution in [0, 0.1) is 5.41 Å². The standard InChI is InChI=1S/C15H24O3S/c16-13(17)15(19-12-4-2-1-3-5-12)10-14(11-15)6-8-18-9-7-14/h12H,1-11H2,(H,16,17). The highest BCUT2D eigenvalue weighted by Gasteiger charge is 2.60. The first-order chi connectivity index (χ1) is 9.14. The van der Waals surface area contributed by atoms with E-state index < -0.39 is 10.7 Å². The average molecular weight is 284 g/mol. The number of ether oxygens (including phenoxy) is 1. The van der Waals surface area contributed by atoms with E-state index in [4.69, 9.17) is 4.74 Å². The van der Waals surface area contributed by atoms with E-state index >= 15 is 0 Å². The highest BCUT2D eigenvalue weighted by atomic mass is 32.2. The van der Waals surface area contributed by atoms with Gasteiger partial charge >= 0.3 is 5.97 Å². The Morgan fingerprint density at radius 1 is 1.11 bits per heavy atom. The van der Waals surface area contributed by atoms with Crippen LogP contribution in [0.15, 0.2) is 0 Å². The molecule has 108 valence electrons. The molecule has 0 radical (unpaired) electrons. The first-order valence-electron chi connectivity index (χ1n) is 7.63. The number of rotatable bonds is 3. The predicted octanol–water partition coefficient (Wildman–Crippen LogP) is 3.47. The van der Waals surface area contributed by atoms with E-state index in [2.05, 4.69) is 0 Å². The smallest absolute Gasteiger partial charge is 0.319 e. The number of carbonyl (C=O) groups is 1. The minimum absolute atomic E-state index is 0.290. The SMILES string of the molecule is O=C(O)C1(SC2CCCCC2)CC2(CCOCC2)C1. The van der Waals surface area contributed by atoms with Crippen LogP contribution in [0.3, 0.4) is 0 Å². The molecule has 3 aliphatic rings. The van der Waals surface area contributed by atoms with Crippen molar-refractivity contribution >= 4 is 17.7 Å². The molecule has 0 unspecified atom stereocenters. The highest BCUT2D eigenvalue weighted by molar-refractivity contribution is 8.02. The van der Waals surface area contributed by atoms with Crippen molar-refractivity contribution in [3.8, 4) is 0 Å². The van der Waals surface area contributed by atoms with Crippen LogP contribution in [-0.2, 0) is 9.53 Å². The summed E-state index contributed by atoms with van der Waals surface area (Å²) in [5.41, 5.74) is 0.290. The molecule has 1 aliphatic heterocycles. The van der Waals surface area contributed by atoms with Crippen LogP contribution in [0.25, 0.3) is 0 Å². The molecule has 1 saturated heterocycles. The van der Waals surface area contributed by atoms with Gasteiger partial charge in [0.25, 0.3) is 0 Å². The van der Waals surface area contributed by atoms with Crippen molar-refractivity contribution in [2.45, 2.75) is 67.8 Å². The largest absolute Gasteiger partial charge is 0.480 e. The first kappa shape index (κ1) is 13.7. The summed E-state index contributed by atoms with van der Waals surface area (Å²) in [6, 6.07) is 0. The molecule has 0 amide bonds. The number of hydrogen-bond donors (Lipinski definition) is 1. The van der Waals surface area contributed by atoms with Crippen molar-refractivity contribution in [1.82, 2.24) is 0 Å². The average Bonchev–Trinajstić information content (AvgIpc) is 2.39. The van der Waals surface area contributed by atoms with Crippen molar-refractivity contribution in [2.75, 3.05) is 13.2 Å². The van der Waals surface area contributed by atoms with Gasteiger partial charge in [0.1, 0.15) is 4.75 Å². The molecule has 4 heteroatoms. The third kappa shape index (κ3) is 2.66. The summed E-state index contributed by atoms with van der Waals surface area (Å²) in [5.74, 6) is -0.569. The lowest BCUT2D eigenvalue weighted by atomic mass is 9.57. The molecule has 3 fully saturated rings. The Labute approximate surface area is 119 Å². The van der Waals surface area contributed by atoms with Crippen LogP contribution in [-0.4, -0.2) is 34.3 Å². The van der Waals surface area contributed by atoms with Gasteiger partial charge in [0.05, 0.1) is 0 Å². The summed E-state index contributed by atoms with van der Waals surface area (Å²) in [7, 11) is 0. The van der Waals surface area contributed by atoms with Crippen molar-refractivity contribution in [2.24, 2.45) is 5.41 Å². The maximum absolute atomic E-state index is 11.8. The third-order valence-electron chi connectivity index (χ3n) is 5.21. The summed E-state index contributed by atoms with van der Waals surface area (Å²) in [6.07, 6.45) is 10.2. The molecule has 19 heavy (non-hydrogen) atoms. The Bertz CT molecular complexity index is 330. The zero-order chi connectivity index (χ0) is 13.3. The second-order valence-electron chi connectivity index (χ2n) is 6.64. The lowest BCUT2D eigenvalue weighted by Crippen LogP contribution is -2.57. The Balaban J connectivity index is 1.63. The van der Waals surface area contributed by atoms with Gasteiger partial charge in [0, 0.05) is 18.5 Å². The quantitative estimate of drug-likeness (QED) is 0.862. The zero-order valence-electron chi connectivity index (χ0n) is 11.5. The van der Waals surface area contributed by atoms with E-state index in [1.807, 2.05) is 0 Å². The molecule has 1 spiro atoms. The van der Waals surface area contributed by atoms with E-state index in [-0.39, 0.29) is 5.41 Å². The third-order valence-corrected chi connectivity index (χ3v) is 6.93. The van der Waals surface area contributed by atoms with Gasteiger partial charge in [-0.05, 0) is 43.9 Å². The maximum Gasteiger partial charge on any atom is 0.319 e. The minimum Gasteiger partial charge on any atom is -0.480 e. The Kier molecular flexibility index (Phi) is 3.82. The van der Waals surface area contributed by atoms with Crippen molar-refractivity contribution in [1.29, 1.82) is 0 Å². The number of aliphatic carboxylic acids is 1. The molecule has 0 aromatic rings. The molecular formula is C15H24O3S. The first-order valence-corrected chi connectivity index (χ1v) is 8.51. The molecule has 2 saturated carbocycles. The lowest BCUT2D eigenvalue weighted by Gasteiger charge is -2.56. The second-order valence-corrected chi connectivity index (χ2v) is 8.33. The molecule has 0 bridgehead atoms. The molecule has 0 aromatic heterocycles. The van der Waals surface area contributed by atoms with E-state index in [1.165, 1.54) is 32.1 Å².